The van der Waals surface area contributed by atoms with Crippen molar-refractivity contribution in [3.63, 3.8) is 0 Å². The average Bonchev–Trinajstić information content (AvgIpc) is 2.99. The summed E-state index contributed by atoms with van der Waals surface area (Å²) in [6.07, 6.45) is 5.08. The van der Waals surface area contributed by atoms with Crippen LogP contribution in [0.15, 0.2) is 5.57 Å². The van der Waals surface area contributed by atoms with E-state index >= 15 is 0 Å². The molecule has 0 aliphatic heterocycles. The predicted octanol–water partition coefficient (Wildman–Crippen LogP) is 8.13. The first-order valence-corrected chi connectivity index (χ1v) is 15.5. The van der Waals surface area contributed by atoms with Gasteiger partial charge in [0.15, 0.2) is 0 Å². The second-order valence-electron chi connectivity index (χ2n) is 11.7. The van der Waals surface area contributed by atoms with Gasteiger partial charge in [0.1, 0.15) is 8.24 Å². The minimum Gasteiger partial charge on any atom is -0.376 e. The Morgan fingerprint density at radius 3 is 2.10 bits per heavy atom. The molecule has 1 aromatic heterocycles. The second-order valence-corrected chi connectivity index (χ2v) is 17.1. The molecule has 1 aliphatic carbocycles. The van der Waals surface area contributed by atoms with Crippen molar-refractivity contribution in [3.8, 4) is 0 Å². The Hall–Kier alpha value is -0.423. The van der Waals surface area contributed by atoms with Crippen molar-refractivity contribution in [2.75, 3.05) is 6.61 Å². The molecule has 1 aliphatic rings. The fraction of sp³-hybridized carbons (Fsp3) is 0.769. The van der Waals surface area contributed by atoms with Crippen LogP contribution < -0.4 is 4.98 Å². The van der Waals surface area contributed by atoms with Crippen LogP contribution in [-0.2, 0) is 4.74 Å². The fourth-order valence-electron chi connectivity index (χ4n) is 5.14. The van der Waals surface area contributed by atoms with Gasteiger partial charge in [0.05, 0.1) is 5.60 Å². The first kappa shape index (κ1) is 25.8. The lowest BCUT2D eigenvalue weighted by Gasteiger charge is -2.42. The molecule has 2 atom stereocenters. The van der Waals surface area contributed by atoms with Crippen molar-refractivity contribution < 1.29 is 4.74 Å². The zero-order valence-corrected chi connectivity index (χ0v) is 23.5. The number of hydrogen-bond acceptors (Lipinski definition) is 3. The highest BCUT2D eigenvalue weighted by Gasteiger charge is 2.46. The summed E-state index contributed by atoms with van der Waals surface area (Å²) in [5.41, 5.74) is 7.13. The summed E-state index contributed by atoms with van der Waals surface area (Å²) in [4.78, 5) is 7.28. The highest BCUT2D eigenvalue weighted by atomic mass is 32.1. The van der Waals surface area contributed by atoms with Crippen LogP contribution in [-0.4, -0.2) is 26.0 Å². The third kappa shape index (κ3) is 6.31. The summed E-state index contributed by atoms with van der Waals surface area (Å²) >= 11 is 2.02. The van der Waals surface area contributed by atoms with Crippen molar-refractivity contribution >= 4 is 25.1 Å². The molecule has 0 spiro atoms. The zero-order valence-electron chi connectivity index (χ0n) is 21.6. The molecule has 2 rings (SSSR count). The average molecular weight is 450 g/mol. The maximum atomic E-state index is 5.90. The van der Waals surface area contributed by atoms with E-state index in [0.29, 0.717) is 5.54 Å². The first-order chi connectivity index (χ1) is 13.7. The van der Waals surface area contributed by atoms with Crippen molar-refractivity contribution in [1.82, 2.24) is 4.98 Å². The van der Waals surface area contributed by atoms with E-state index in [9.17, 15) is 0 Å². The summed E-state index contributed by atoms with van der Waals surface area (Å²) in [6.45, 7) is 26.4. The van der Waals surface area contributed by atoms with Crippen LogP contribution in [0.2, 0.25) is 12.6 Å². The van der Waals surface area contributed by atoms with Gasteiger partial charge in [-0.15, -0.1) is 11.3 Å². The van der Waals surface area contributed by atoms with Crippen molar-refractivity contribution in [2.24, 2.45) is 0 Å². The van der Waals surface area contributed by atoms with Gasteiger partial charge in [0, 0.05) is 27.4 Å². The van der Waals surface area contributed by atoms with E-state index in [4.69, 9.17) is 4.74 Å². The summed E-state index contributed by atoms with van der Waals surface area (Å²) in [7, 11) is -1.76. The molecule has 0 aromatic carbocycles. The SMILES string of the molecule is CC1=C(C)C([Si](C)(CCCCCCOC(C)(C)C)NC(C)(C)C)c2c1sc(C)c2C. The molecule has 4 heteroatoms. The Morgan fingerprint density at radius 1 is 0.933 bits per heavy atom. The number of allylic oxidation sites excluding steroid dienone is 2. The number of thiophene rings is 1. The number of rotatable bonds is 9. The van der Waals surface area contributed by atoms with Crippen LogP contribution in [0.5, 0.6) is 0 Å². The van der Waals surface area contributed by atoms with Crippen LogP contribution in [0.25, 0.3) is 5.57 Å². The minimum atomic E-state index is -1.76. The van der Waals surface area contributed by atoms with Crippen LogP contribution in [0.1, 0.15) is 107 Å². The number of ether oxygens (including phenoxy) is 1. The first-order valence-electron chi connectivity index (χ1n) is 11.9. The van der Waals surface area contributed by atoms with E-state index in [0.717, 1.165) is 6.61 Å². The highest BCUT2D eigenvalue weighted by molar-refractivity contribution is 7.13. The summed E-state index contributed by atoms with van der Waals surface area (Å²) in [5, 5.41) is 0. The van der Waals surface area contributed by atoms with Crippen LogP contribution in [0.3, 0.4) is 0 Å². The molecular formula is C26H47NOSSi. The monoisotopic (exact) mass is 449 g/mol. The van der Waals surface area contributed by atoms with Gasteiger partial charge in [-0.2, -0.15) is 0 Å². The van der Waals surface area contributed by atoms with Crippen molar-refractivity contribution in [2.45, 2.75) is 124 Å². The Bertz CT molecular complexity index is 765. The number of aryl methyl sites for hydroxylation is 1. The fourth-order valence-corrected chi connectivity index (χ4v) is 11.9. The van der Waals surface area contributed by atoms with Gasteiger partial charge in [-0.25, -0.2) is 0 Å². The topological polar surface area (TPSA) is 21.3 Å². The van der Waals surface area contributed by atoms with Crippen LogP contribution >= 0.6 is 11.3 Å². The number of hydrogen-bond donors (Lipinski definition) is 1. The minimum absolute atomic E-state index is 0.0134. The third-order valence-electron chi connectivity index (χ3n) is 6.51. The number of nitrogens with one attached hydrogen (secondary N) is 1. The Labute approximate surface area is 192 Å². The van der Waals surface area contributed by atoms with Crippen molar-refractivity contribution in [1.29, 1.82) is 0 Å². The lowest BCUT2D eigenvalue weighted by atomic mass is 10.1. The van der Waals surface area contributed by atoms with Gasteiger partial charge < -0.3 is 9.72 Å². The van der Waals surface area contributed by atoms with Gasteiger partial charge in [-0.1, -0.05) is 31.4 Å². The zero-order chi connectivity index (χ0) is 22.9. The molecule has 172 valence electrons. The van der Waals surface area contributed by atoms with E-state index in [-0.39, 0.29) is 11.1 Å². The number of unbranched alkanes of at least 4 members (excludes halogenated alkanes) is 3. The molecular weight excluding hydrogens is 402 g/mol. The quantitative estimate of drug-likeness (QED) is 0.303. The molecule has 1 heterocycles. The molecule has 2 nitrogen and oxygen atoms in total. The normalized spacial score (nSPS) is 19.4. The molecule has 0 saturated carbocycles. The van der Waals surface area contributed by atoms with Crippen LogP contribution in [0.4, 0.5) is 0 Å². The molecule has 0 saturated heterocycles. The summed E-state index contributed by atoms with van der Waals surface area (Å²) in [5.74, 6) is 0. The smallest absolute Gasteiger partial charge is 0.134 e. The van der Waals surface area contributed by atoms with E-state index in [1.807, 2.05) is 11.3 Å². The Balaban J connectivity index is 2.13. The lowest BCUT2D eigenvalue weighted by molar-refractivity contribution is -0.00471. The molecule has 1 N–H and O–H groups in total. The highest BCUT2D eigenvalue weighted by Crippen LogP contribution is 2.52. The summed E-state index contributed by atoms with van der Waals surface area (Å²) in [6, 6.07) is 1.34. The van der Waals surface area contributed by atoms with E-state index < -0.39 is 8.24 Å². The van der Waals surface area contributed by atoms with Gasteiger partial charge in [0.25, 0.3) is 0 Å². The molecule has 1 aromatic rings. The third-order valence-corrected chi connectivity index (χ3v) is 12.6. The van der Waals surface area contributed by atoms with Gasteiger partial charge in [-0.3, -0.25) is 0 Å². The van der Waals surface area contributed by atoms with Gasteiger partial charge in [-0.05, 0) is 98.4 Å². The molecule has 0 radical (unpaired) electrons. The van der Waals surface area contributed by atoms with Crippen LogP contribution in [0, 0.1) is 13.8 Å². The largest absolute Gasteiger partial charge is 0.376 e. The standard InChI is InChI=1S/C26H47NOSSi/c1-18-19(2)24(22-20(3)21(4)29-23(18)22)30(11,27-25(5,6)7)17-15-13-12-14-16-28-26(8,9)10/h24,27H,12-17H2,1-11H3. The van der Waals surface area contributed by atoms with E-state index in [1.165, 1.54) is 36.6 Å². The Kier molecular flexibility index (Phi) is 8.27. The molecule has 0 fully saturated rings. The maximum Gasteiger partial charge on any atom is 0.134 e. The van der Waals surface area contributed by atoms with Crippen molar-refractivity contribution in [3.05, 3.63) is 26.5 Å². The maximum absolute atomic E-state index is 5.90. The number of fused-ring (bicyclic) bond motifs is 1. The molecule has 30 heavy (non-hydrogen) atoms. The van der Waals surface area contributed by atoms with Gasteiger partial charge >= 0.3 is 0 Å². The predicted molar refractivity (Wildman–Crippen MR) is 138 cm³/mol. The summed E-state index contributed by atoms with van der Waals surface area (Å²) < 4.78 is 5.90. The Morgan fingerprint density at radius 2 is 1.53 bits per heavy atom. The van der Waals surface area contributed by atoms with E-state index in [2.05, 4.69) is 80.8 Å². The molecule has 0 amide bonds. The molecule has 2 unspecified atom stereocenters. The van der Waals surface area contributed by atoms with Gasteiger partial charge in [0.2, 0.25) is 0 Å². The van der Waals surface area contributed by atoms with E-state index in [1.54, 1.807) is 27.2 Å². The molecule has 0 bridgehead atoms. The lowest BCUT2D eigenvalue weighted by Crippen LogP contribution is -2.60. The second kappa shape index (κ2) is 9.60.